The molecule has 3 fully saturated rings. The number of amides is 1. The summed E-state index contributed by atoms with van der Waals surface area (Å²) in [6.07, 6.45) is -2.35. The molecule has 1 aliphatic carbocycles. The number of carbonyl (C=O) groups excluding carboxylic acids is 1. The van der Waals surface area contributed by atoms with Gasteiger partial charge >= 0.3 is 24.3 Å². The summed E-state index contributed by atoms with van der Waals surface area (Å²) in [5.74, 6) is -5.29. The highest BCUT2D eigenvalue weighted by Crippen LogP contribution is 2.42. The number of aromatic nitrogens is 1. The zero-order valence-corrected chi connectivity index (χ0v) is 18.8. The first-order valence-corrected chi connectivity index (χ1v) is 10.8. The van der Waals surface area contributed by atoms with Crippen LogP contribution in [0.5, 0.6) is 0 Å². The molecule has 1 aromatic rings. The molecule has 3 N–H and O–H groups in total. The molecule has 202 valence electrons. The quantitative estimate of drug-likeness (QED) is 0.508. The van der Waals surface area contributed by atoms with Gasteiger partial charge in [-0.3, -0.25) is 14.7 Å². The fraction of sp³-hybridized carbons (Fsp3) is 0.619. The number of halogens is 6. The van der Waals surface area contributed by atoms with Crippen molar-refractivity contribution in [1.29, 1.82) is 0 Å². The van der Waals surface area contributed by atoms with Gasteiger partial charge in [0.2, 0.25) is 5.91 Å². The number of fused-ring (bicyclic) bond motifs is 1. The Bertz CT molecular complexity index is 886. The monoisotopic (exact) mass is 529 g/mol. The van der Waals surface area contributed by atoms with E-state index in [1.807, 2.05) is 24.5 Å². The molecule has 2 saturated heterocycles. The van der Waals surface area contributed by atoms with E-state index in [-0.39, 0.29) is 17.4 Å². The number of carboxylic acid groups (broad SMARTS) is 2. The number of aliphatic carboxylic acids is 2. The van der Waals surface area contributed by atoms with Gasteiger partial charge in [-0.05, 0) is 43.4 Å². The maximum Gasteiger partial charge on any atom is 0.490 e. The van der Waals surface area contributed by atoms with Crippen molar-refractivity contribution in [2.75, 3.05) is 19.7 Å². The van der Waals surface area contributed by atoms with Crippen molar-refractivity contribution in [2.24, 2.45) is 5.41 Å². The third kappa shape index (κ3) is 8.62. The lowest BCUT2D eigenvalue weighted by Crippen LogP contribution is -2.57. The number of hydrogen-bond donors (Lipinski definition) is 3. The normalized spacial score (nSPS) is 23.8. The zero-order valence-electron chi connectivity index (χ0n) is 18.8. The van der Waals surface area contributed by atoms with Crippen molar-refractivity contribution >= 4 is 17.8 Å². The van der Waals surface area contributed by atoms with Crippen molar-refractivity contribution in [3.05, 3.63) is 30.1 Å². The standard InChI is InChI=1S/C17H23N3O2.2C2HF3O2/c21-16(19-14-1-2-14)17-6-10-22-15(17)5-9-20(12-17)11-13-3-7-18-8-4-13;2*3-2(4,5)1(6)7/h3-4,7-8,14-15H,1-2,5-6,9-12H2,(H,19,21);2*(H,6,7)/t15-,17-;;/m1../s1. The van der Waals surface area contributed by atoms with E-state index >= 15 is 0 Å². The molecule has 0 aromatic carbocycles. The topological polar surface area (TPSA) is 129 Å². The van der Waals surface area contributed by atoms with Gasteiger partial charge in [-0.15, -0.1) is 0 Å². The average Bonchev–Trinajstić information content (AvgIpc) is 3.49. The molecular formula is C21H25F6N3O6. The summed E-state index contributed by atoms with van der Waals surface area (Å²) < 4.78 is 69.4. The van der Waals surface area contributed by atoms with Gasteiger partial charge in [-0.25, -0.2) is 9.59 Å². The SMILES string of the molecule is O=C(NC1CC1)[C@@]12CCO[C@@H]1CCN(Cc1ccncc1)C2.O=C(O)C(F)(F)F.O=C(O)C(F)(F)F. The van der Waals surface area contributed by atoms with Gasteiger partial charge in [0.05, 0.1) is 11.5 Å². The Morgan fingerprint density at radius 3 is 2.03 bits per heavy atom. The van der Waals surface area contributed by atoms with E-state index in [1.54, 1.807) is 0 Å². The number of nitrogens with one attached hydrogen (secondary N) is 1. The predicted molar refractivity (Wildman–Crippen MR) is 109 cm³/mol. The minimum atomic E-state index is -5.08. The van der Waals surface area contributed by atoms with Crippen molar-refractivity contribution in [3.8, 4) is 0 Å². The number of likely N-dealkylation sites (tertiary alicyclic amines) is 1. The third-order valence-electron chi connectivity index (χ3n) is 5.70. The van der Waals surface area contributed by atoms with Crippen LogP contribution in [0.3, 0.4) is 0 Å². The highest BCUT2D eigenvalue weighted by Gasteiger charge is 2.53. The molecule has 36 heavy (non-hydrogen) atoms. The molecule has 2 atom stereocenters. The molecule has 1 saturated carbocycles. The van der Waals surface area contributed by atoms with Crippen LogP contribution in [0.15, 0.2) is 24.5 Å². The summed E-state index contributed by atoms with van der Waals surface area (Å²) in [4.78, 5) is 37.1. The minimum absolute atomic E-state index is 0.0972. The number of piperidine rings is 1. The van der Waals surface area contributed by atoms with Crippen LogP contribution in [0.2, 0.25) is 0 Å². The van der Waals surface area contributed by atoms with E-state index in [0.29, 0.717) is 12.6 Å². The Hall–Kier alpha value is -2.94. The second kappa shape index (κ2) is 11.9. The van der Waals surface area contributed by atoms with Crippen LogP contribution in [0.1, 0.15) is 31.2 Å². The van der Waals surface area contributed by atoms with Crippen LogP contribution in [-0.2, 0) is 25.7 Å². The van der Waals surface area contributed by atoms with Crippen molar-refractivity contribution in [1.82, 2.24) is 15.2 Å². The maximum absolute atomic E-state index is 12.8. The second-order valence-electron chi connectivity index (χ2n) is 8.47. The summed E-state index contributed by atoms with van der Waals surface area (Å²) in [7, 11) is 0. The van der Waals surface area contributed by atoms with Crippen LogP contribution < -0.4 is 5.32 Å². The molecule has 1 amide bonds. The van der Waals surface area contributed by atoms with Gasteiger partial charge in [-0.1, -0.05) is 0 Å². The number of carbonyl (C=O) groups is 3. The number of hydrogen-bond acceptors (Lipinski definition) is 6. The minimum Gasteiger partial charge on any atom is -0.475 e. The van der Waals surface area contributed by atoms with Gasteiger partial charge in [0, 0.05) is 44.7 Å². The Morgan fingerprint density at radius 1 is 1.03 bits per heavy atom. The molecule has 3 aliphatic rings. The number of alkyl halides is 6. The third-order valence-corrected chi connectivity index (χ3v) is 5.70. The number of ether oxygens (including phenoxy) is 1. The van der Waals surface area contributed by atoms with Crippen LogP contribution in [0.25, 0.3) is 0 Å². The van der Waals surface area contributed by atoms with E-state index in [1.165, 1.54) is 5.56 Å². The van der Waals surface area contributed by atoms with Gasteiger partial charge in [0.1, 0.15) is 0 Å². The molecule has 2 aliphatic heterocycles. The first kappa shape index (κ1) is 29.3. The fourth-order valence-electron chi connectivity index (χ4n) is 3.79. The summed E-state index contributed by atoms with van der Waals surface area (Å²) in [5, 5.41) is 17.5. The van der Waals surface area contributed by atoms with E-state index < -0.39 is 24.3 Å². The highest BCUT2D eigenvalue weighted by atomic mass is 19.4. The molecule has 15 heteroatoms. The molecule has 1 aromatic heterocycles. The smallest absolute Gasteiger partial charge is 0.475 e. The van der Waals surface area contributed by atoms with Gasteiger partial charge in [-0.2, -0.15) is 26.3 Å². The average molecular weight is 529 g/mol. The molecule has 3 heterocycles. The fourth-order valence-corrected chi connectivity index (χ4v) is 3.79. The Kier molecular flexibility index (Phi) is 9.65. The van der Waals surface area contributed by atoms with Crippen LogP contribution in [0.4, 0.5) is 26.3 Å². The lowest BCUT2D eigenvalue weighted by molar-refractivity contribution is -0.193. The van der Waals surface area contributed by atoms with Gasteiger partial charge in [0.15, 0.2) is 0 Å². The summed E-state index contributed by atoms with van der Waals surface area (Å²) in [6.45, 7) is 3.39. The van der Waals surface area contributed by atoms with Crippen LogP contribution >= 0.6 is 0 Å². The maximum atomic E-state index is 12.8. The number of nitrogens with zero attached hydrogens (tertiary/aromatic N) is 2. The Labute approximate surface area is 201 Å². The lowest BCUT2D eigenvalue weighted by Gasteiger charge is -2.42. The first-order valence-electron chi connectivity index (χ1n) is 10.8. The van der Waals surface area contributed by atoms with E-state index in [9.17, 15) is 31.1 Å². The van der Waals surface area contributed by atoms with Crippen molar-refractivity contribution in [3.63, 3.8) is 0 Å². The van der Waals surface area contributed by atoms with Crippen LogP contribution in [0, 0.1) is 5.41 Å². The predicted octanol–water partition coefficient (Wildman–Crippen LogP) is 2.61. The molecular weight excluding hydrogens is 504 g/mol. The van der Waals surface area contributed by atoms with Crippen molar-refractivity contribution < 1.29 is 55.7 Å². The number of pyridine rings is 1. The zero-order chi connectivity index (χ0) is 27.1. The molecule has 9 nitrogen and oxygen atoms in total. The summed E-state index contributed by atoms with van der Waals surface area (Å²) in [6, 6.07) is 4.52. The lowest BCUT2D eigenvalue weighted by atomic mass is 9.75. The number of carboxylic acids is 2. The second-order valence-corrected chi connectivity index (χ2v) is 8.47. The van der Waals surface area contributed by atoms with Gasteiger partial charge in [0.25, 0.3) is 0 Å². The first-order chi connectivity index (χ1) is 16.6. The Morgan fingerprint density at radius 2 is 1.56 bits per heavy atom. The number of rotatable bonds is 4. The molecule has 0 spiro atoms. The summed E-state index contributed by atoms with van der Waals surface area (Å²) in [5.41, 5.74) is 0.915. The molecule has 0 bridgehead atoms. The van der Waals surface area contributed by atoms with Crippen LogP contribution in [-0.4, -0.2) is 82.1 Å². The van der Waals surface area contributed by atoms with Crippen molar-refractivity contribution in [2.45, 2.75) is 56.7 Å². The highest BCUT2D eigenvalue weighted by molar-refractivity contribution is 5.84. The van der Waals surface area contributed by atoms with E-state index in [0.717, 1.165) is 45.3 Å². The molecule has 4 rings (SSSR count). The van der Waals surface area contributed by atoms with E-state index in [4.69, 9.17) is 24.5 Å². The van der Waals surface area contributed by atoms with Gasteiger partial charge < -0.3 is 20.3 Å². The molecule has 0 radical (unpaired) electrons. The largest absolute Gasteiger partial charge is 0.490 e. The molecule has 0 unspecified atom stereocenters. The Balaban J connectivity index is 0.000000271. The van der Waals surface area contributed by atoms with E-state index in [2.05, 4.69) is 15.2 Å². The summed E-state index contributed by atoms with van der Waals surface area (Å²) >= 11 is 0.